The molecular weight excluding hydrogens is 412 g/mol. The fraction of sp³-hybridized carbons (Fsp3) is 0.966. The van der Waals surface area contributed by atoms with Crippen molar-refractivity contribution in [3.05, 3.63) is 0 Å². The molecule has 4 heteroatoms. The molecule has 190 valence electrons. The maximum absolute atomic E-state index is 11.5. The van der Waals surface area contributed by atoms with Crippen LogP contribution in [0.25, 0.3) is 0 Å². The van der Waals surface area contributed by atoms with Crippen molar-refractivity contribution in [1.29, 1.82) is 0 Å². The van der Waals surface area contributed by atoms with Crippen molar-refractivity contribution in [1.82, 2.24) is 0 Å². The smallest absolute Gasteiger partial charge is 0.302 e. The van der Waals surface area contributed by atoms with Gasteiger partial charge in [-0.25, -0.2) is 0 Å². The van der Waals surface area contributed by atoms with Crippen LogP contribution in [0, 0.1) is 52.3 Å². The number of hydrogen-bond acceptors (Lipinski definition) is 4. The Hall–Kier alpha value is -0.610. The van der Waals surface area contributed by atoms with Gasteiger partial charge in [0, 0.05) is 6.92 Å². The number of aliphatic hydroxyl groups excluding tert-OH is 2. The lowest BCUT2D eigenvalue weighted by Crippen LogP contribution is -2.58. The molecule has 33 heavy (non-hydrogen) atoms. The third kappa shape index (κ3) is 4.53. The summed E-state index contributed by atoms with van der Waals surface area (Å²) in [6, 6.07) is 0. The Morgan fingerprint density at radius 1 is 0.909 bits per heavy atom. The van der Waals surface area contributed by atoms with Crippen LogP contribution in [0.15, 0.2) is 0 Å². The highest BCUT2D eigenvalue weighted by Crippen LogP contribution is 2.68. The molecule has 0 heterocycles. The fourth-order valence-corrected chi connectivity index (χ4v) is 9.62. The van der Waals surface area contributed by atoms with Crippen molar-refractivity contribution in [2.24, 2.45) is 52.3 Å². The van der Waals surface area contributed by atoms with Crippen LogP contribution in [-0.4, -0.2) is 34.5 Å². The zero-order chi connectivity index (χ0) is 24.1. The first-order valence-electron chi connectivity index (χ1n) is 14.0. The Bertz CT molecular complexity index is 706. The molecule has 4 fully saturated rings. The molecule has 0 saturated heterocycles. The van der Waals surface area contributed by atoms with Crippen molar-refractivity contribution >= 4 is 5.97 Å². The van der Waals surface area contributed by atoms with Gasteiger partial charge in [0.05, 0.1) is 12.2 Å². The maximum atomic E-state index is 11.5. The summed E-state index contributed by atoms with van der Waals surface area (Å²) in [5.74, 6) is 3.89. The molecule has 4 saturated carbocycles. The Kier molecular flexibility index (Phi) is 7.30. The number of rotatable bonds is 6. The SMILES string of the molecule is CC(=O)O[C@@H](CC[C@@H](C)[C@H]1CC[C@H]2[C@@H]3C[C@H](O)[C@@H]4C[C@H](O)CC[C@]4(C)[C@H]3CC[C@]12C)C(C)C. The average molecular weight is 463 g/mol. The quantitative estimate of drug-likeness (QED) is 0.476. The molecular formula is C29H50O4. The molecule has 4 nitrogen and oxygen atoms in total. The molecule has 0 aromatic heterocycles. The summed E-state index contributed by atoms with van der Waals surface area (Å²) in [4.78, 5) is 11.5. The molecule has 0 amide bonds. The summed E-state index contributed by atoms with van der Waals surface area (Å²) in [5.41, 5.74) is 0.563. The van der Waals surface area contributed by atoms with Crippen molar-refractivity contribution in [3.8, 4) is 0 Å². The number of fused-ring (bicyclic) bond motifs is 5. The molecule has 4 aliphatic carbocycles. The van der Waals surface area contributed by atoms with E-state index in [-0.39, 0.29) is 35.6 Å². The van der Waals surface area contributed by atoms with Gasteiger partial charge in [-0.1, -0.05) is 34.6 Å². The fourth-order valence-electron chi connectivity index (χ4n) is 9.62. The van der Waals surface area contributed by atoms with E-state index in [1.54, 1.807) is 0 Å². The van der Waals surface area contributed by atoms with Crippen LogP contribution in [0.2, 0.25) is 0 Å². The largest absolute Gasteiger partial charge is 0.462 e. The van der Waals surface area contributed by atoms with Crippen molar-refractivity contribution < 1.29 is 19.7 Å². The molecule has 0 aliphatic heterocycles. The van der Waals surface area contributed by atoms with Gasteiger partial charge in [-0.3, -0.25) is 4.79 Å². The van der Waals surface area contributed by atoms with E-state index in [0.29, 0.717) is 29.1 Å². The number of hydrogen-bond donors (Lipinski definition) is 2. The summed E-state index contributed by atoms with van der Waals surface area (Å²) in [7, 11) is 0. The highest BCUT2D eigenvalue weighted by atomic mass is 16.5. The van der Waals surface area contributed by atoms with Gasteiger partial charge in [0.2, 0.25) is 0 Å². The van der Waals surface area contributed by atoms with E-state index in [4.69, 9.17) is 4.74 Å². The van der Waals surface area contributed by atoms with Gasteiger partial charge in [0.25, 0.3) is 0 Å². The number of carbonyl (C=O) groups excluding carboxylic acids is 1. The molecule has 0 aromatic rings. The summed E-state index contributed by atoms with van der Waals surface area (Å²) >= 11 is 0. The van der Waals surface area contributed by atoms with Crippen molar-refractivity contribution in [3.63, 3.8) is 0 Å². The predicted molar refractivity (Wildman–Crippen MR) is 131 cm³/mol. The van der Waals surface area contributed by atoms with E-state index in [1.807, 2.05) is 0 Å². The van der Waals surface area contributed by atoms with Gasteiger partial charge in [0.1, 0.15) is 6.10 Å². The maximum Gasteiger partial charge on any atom is 0.302 e. The van der Waals surface area contributed by atoms with E-state index in [9.17, 15) is 15.0 Å². The van der Waals surface area contributed by atoms with Crippen molar-refractivity contribution in [2.75, 3.05) is 0 Å². The highest BCUT2D eigenvalue weighted by Gasteiger charge is 2.62. The standard InChI is InChI=1S/C29H50O4/c1-17(2)27(33-19(4)30)10-7-18(3)22-8-9-23-21-16-26(32)25-15-20(31)11-13-29(25,6)24(21)12-14-28(22,23)5/h17-18,20-27,31-32H,7-16H2,1-6H3/t18-,20-,21+,22-,23+,24+,25+,26+,27+,28-,29-/m1/s1. The van der Waals surface area contributed by atoms with Crippen LogP contribution in [0.1, 0.15) is 106 Å². The summed E-state index contributed by atoms with van der Waals surface area (Å²) < 4.78 is 5.62. The van der Waals surface area contributed by atoms with Crippen LogP contribution in [-0.2, 0) is 9.53 Å². The first kappa shape index (κ1) is 25.5. The first-order valence-corrected chi connectivity index (χ1v) is 14.0. The third-order valence-electron chi connectivity index (χ3n) is 11.4. The zero-order valence-electron chi connectivity index (χ0n) is 22.1. The number of ether oxygens (including phenoxy) is 1. The zero-order valence-corrected chi connectivity index (χ0v) is 22.1. The van der Waals surface area contributed by atoms with Crippen LogP contribution in [0.3, 0.4) is 0 Å². The summed E-state index contributed by atoms with van der Waals surface area (Å²) in [6.07, 6.45) is 10.6. The van der Waals surface area contributed by atoms with Crippen LogP contribution in [0.4, 0.5) is 0 Å². The summed E-state index contributed by atoms with van der Waals surface area (Å²) in [6.45, 7) is 13.3. The minimum absolute atomic E-state index is 0.0257. The monoisotopic (exact) mass is 462 g/mol. The molecule has 0 spiro atoms. The molecule has 0 radical (unpaired) electrons. The van der Waals surface area contributed by atoms with Gasteiger partial charge in [-0.05, 0) is 116 Å². The van der Waals surface area contributed by atoms with E-state index in [1.165, 1.54) is 32.6 Å². The number of aliphatic hydroxyl groups is 2. The van der Waals surface area contributed by atoms with E-state index >= 15 is 0 Å². The second-order valence-corrected chi connectivity index (χ2v) is 13.4. The Morgan fingerprint density at radius 3 is 2.24 bits per heavy atom. The lowest BCUT2D eigenvalue weighted by Gasteiger charge is -2.62. The van der Waals surface area contributed by atoms with Crippen LogP contribution in [0.5, 0.6) is 0 Å². The molecule has 0 bridgehead atoms. The Balaban J connectivity index is 1.46. The molecule has 0 aromatic carbocycles. The molecule has 2 N–H and O–H groups in total. The van der Waals surface area contributed by atoms with Crippen molar-refractivity contribution in [2.45, 2.75) is 124 Å². The van der Waals surface area contributed by atoms with Gasteiger partial charge in [-0.15, -0.1) is 0 Å². The van der Waals surface area contributed by atoms with Gasteiger partial charge in [0.15, 0.2) is 0 Å². The Labute approximate surface area is 202 Å². The molecule has 0 unspecified atom stereocenters. The lowest BCUT2D eigenvalue weighted by atomic mass is 9.44. The Morgan fingerprint density at radius 2 is 1.58 bits per heavy atom. The molecule has 4 aliphatic rings. The van der Waals surface area contributed by atoms with Crippen LogP contribution < -0.4 is 0 Å². The third-order valence-corrected chi connectivity index (χ3v) is 11.4. The minimum atomic E-state index is -0.249. The molecule has 11 atom stereocenters. The highest BCUT2D eigenvalue weighted by molar-refractivity contribution is 5.66. The second-order valence-electron chi connectivity index (χ2n) is 13.4. The minimum Gasteiger partial charge on any atom is -0.462 e. The second kappa shape index (κ2) is 9.45. The first-order chi connectivity index (χ1) is 15.5. The van der Waals surface area contributed by atoms with E-state index in [0.717, 1.165) is 50.4 Å². The number of esters is 1. The van der Waals surface area contributed by atoms with Gasteiger partial charge < -0.3 is 14.9 Å². The van der Waals surface area contributed by atoms with Gasteiger partial charge in [-0.2, -0.15) is 0 Å². The van der Waals surface area contributed by atoms with Crippen LogP contribution >= 0.6 is 0 Å². The van der Waals surface area contributed by atoms with E-state index < -0.39 is 0 Å². The molecule has 4 rings (SSSR count). The summed E-state index contributed by atoms with van der Waals surface area (Å²) in [5, 5.41) is 21.5. The normalized spacial score (nSPS) is 46.8. The van der Waals surface area contributed by atoms with Gasteiger partial charge >= 0.3 is 5.97 Å². The number of carbonyl (C=O) groups is 1. The average Bonchev–Trinajstić information content (AvgIpc) is 3.09. The topological polar surface area (TPSA) is 66.8 Å². The lowest BCUT2D eigenvalue weighted by molar-refractivity contribution is -0.172. The van der Waals surface area contributed by atoms with E-state index in [2.05, 4.69) is 34.6 Å². The predicted octanol–water partition coefficient (Wildman–Crippen LogP) is 5.98.